The summed E-state index contributed by atoms with van der Waals surface area (Å²) in [6.45, 7) is 6.37. The Morgan fingerprint density at radius 2 is 2.12 bits per heavy atom. The minimum absolute atomic E-state index is 1.21. The molecule has 0 fully saturated rings. The molecule has 0 spiro atoms. The highest BCUT2D eigenvalue weighted by molar-refractivity contribution is 4.93. The van der Waals surface area contributed by atoms with Crippen LogP contribution in [-0.4, -0.2) is 0 Å². The third-order valence-corrected chi connectivity index (χ3v) is 1.01. The number of unbranched alkanes of at least 4 members (excludes halogenated alkanes) is 2. The molecule has 0 heteroatoms. The predicted molar refractivity (Wildman–Crippen MR) is 38.6 cm³/mol. The Balaban J connectivity index is 3.03. The maximum Gasteiger partial charge on any atom is -0.0442 e. The summed E-state index contributed by atoms with van der Waals surface area (Å²) in [7, 11) is 0. The maximum absolute atomic E-state index is 2.26. The number of hydrogen-bond acceptors (Lipinski definition) is 0. The molecule has 0 N–H and O–H groups in total. The van der Waals surface area contributed by atoms with Crippen molar-refractivity contribution in [2.24, 2.45) is 0 Å². The van der Waals surface area contributed by atoms with Gasteiger partial charge in [-0.2, -0.15) is 13.3 Å². The molecule has 0 atom stereocenters. The van der Waals surface area contributed by atoms with Crippen LogP contribution in [0.3, 0.4) is 0 Å². The van der Waals surface area contributed by atoms with Gasteiger partial charge >= 0.3 is 0 Å². The SMILES string of the molecule is C[CH-]CCC=C(C)C. The molecule has 0 aromatic heterocycles. The van der Waals surface area contributed by atoms with E-state index in [1.807, 2.05) is 0 Å². The van der Waals surface area contributed by atoms with Crippen molar-refractivity contribution in [1.82, 2.24) is 0 Å². The van der Waals surface area contributed by atoms with Crippen LogP contribution in [0.2, 0.25) is 0 Å². The Labute approximate surface area is 52.6 Å². The summed E-state index contributed by atoms with van der Waals surface area (Å²) < 4.78 is 0. The highest BCUT2D eigenvalue weighted by Gasteiger charge is 1.72. The van der Waals surface area contributed by atoms with E-state index in [1.165, 1.54) is 18.4 Å². The molecule has 0 aliphatic carbocycles. The zero-order valence-corrected chi connectivity index (χ0v) is 6.07. The minimum atomic E-state index is 1.21. The zero-order chi connectivity index (χ0) is 6.41. The van der Waals surface area contributed by atoms with Crippen LogP contribution in [0.25, 0.3) is 0 Å². The van der Waals surface area contributed by atoms with Gasteiger partial charge in [0.05, 0.1) is 0 Å². The average Bonchev–Trinajstić information content (AvgIpc) is 1.66. The van der Waals surface area contributed by atoms with E-state index < -0.39 is 0 Å². The molecule has 0 nitrogen and oxygen atoms in total. The van der Waals surface area contributed by atoms with Gasteiger partial charge in [0.2, 0.25) is 0 Å². The Morgan fingerprint density at radius 1 is 1.50 bits per heavy atom. The van der Waals surface area contributed by atoms with Gasteiger partial charge in [0.25, 0.3) is 0 Å². The van der Waals surface area contributed by atoms with E-state index in [2.05, 4.69) is 33.3 Å². The topological polar surface area (TPSA) is 0 Å². The van der Waals surface area contributed by atoms with E-state index in [0.29, 0.717) is 0 Å². The molecule has 0 heterocycles. The molecular formula is C8H15-. The van der Waals surface area contributed by atoms with Gasteiger partial charge in [-0.3, -0.25) is 0 Å². The van der Waals surface area contributed by atoms with Crippen LogP contribution < -0.4 is 0 Å². The first-order chi connectivity index (χ1) is 3.77. The fourth-order valence-corrected chi connectivity index (χ4v) is 0.539. The van der Waals surface area contributed by atoms with Crippen molar-refractivity contribution in [2.75, 3.05) is 0 Å². The van der Waals surface area contributed by atoms with Crippen LogP contribution in [0.1, 0.15) is 33.6 Å². The molecule has 0 saturated carbocycles. The summed E-state index contributed by atoms with van der Waals surface area (Å²) in [5, 5.41) is 0. The van der Waals surface area contributed by atoms with Crippen LogP contribution in [0, 0.1) is 6.42 Å². The largest absolute Gasteiger partial charge is 0.331 e. The molecule has 0 aliphatic rings. The second-order valence-corrected chi connectivity index (χ2v) is 2.27. The fourth-order valence-electron chi connectivity index (χ4n) is 0.539. The first-order valence-corrected chi connectivity index (χ1v) is 3.18. The third-order valence-electron chi connectivity index (χ3n) is 1.01. The summed E-state index contributed by atoms with van der Waals surface area (Å²) in [5.41, 5.74) is 1.42. The van der Waals surface area contributed by atoms with Gasteiger partial charge in [-0.25, -0.2) is 0 Å². The molecule has 0 bridgehead atoms. The van der Waals surface area contributed by atoms with Gasteiger partial charge < -0.3 is 6.42 Å². The highest BCUT2D eigenvalue weighted by atomic mass is 13.8. The molecule has 0 rings (SSSR count). The number of hydrogen-bond donors (Lipinski definition) is 0. The van der Waals surface area contributed by atoms with E-state index in [0.717, 1.165) is 0 Å². The van der Waals surface area contributed by atoms with Gasteiger partial charge in [0, 0.05) is 0 Å². The number of allylic oxidation sites excluding steroid dienone is 2. The number of rotatable bonds is 3. The first kappa shape index (κ1) is 7.74. The smallest absolute Gasteiger partial charge is 0.0442 e. The van der Waals surface area contributed by atoms with Crippen LogP contribution in [0.4, 0.5) is 0 Å². The Bertz CT molecular complexity index is 66.1. The second kappa shape index (κ2) is 4.89. The van der Waals surface area contributed by atoms with E-state index in [4.69, 9.17) is 0 Å². The molecule has 0 aromatic carbocycles. The molecule has 0 saturated heterocycles. The van der Waals surface area contributed by atoms with E-state index in [-0.39, 0.29) is 0 Å². The van der Waals surface area contributed by atoms with Crippen molar-refractivity contribution < 1.29 is 0 Å². The fraction of sp³-hybridized carbons (Fsp3) is 0.625. The van der Waals surface area contributed by atoms with Gasteiger partial charge in [0.1, 0.15) is 0 Å². The standard InChI is InChI=1S/C8H15/c1-4-5-6-7-8(2)3/h4,7H,5-6H2,1-3H3/q-1. The van der Waals surface area contributed by atoms with Crippen molar-refractivity contribution in [1.29, 1.82) is 0 Å². The maximum atomic E-state index is 2.26. The van der Waals surface area contributed by atoms with Gasteiger partial charge in [-0.1, -0.05) is 18.1 Å². The molecule has 0 amide bonds. The van der Waals surface area contributed by atoms with Crippen LogP contribution in [-0.2, 0) is 0 Å². The van der Waals surface area contributed by atoms with E-state index in [1.54, 1.807) is 0 Å². The summed E-state index contributed by atoms with van der Waals surface area (Å²) in [5.74, 6) is 0. The van der Waals surface area contributed by atoms with Crippen LogP contribution in [0.5, 0.6) is 0 Å². The lowest BCUT2D eigenvalue weighted by atomic mass is 10.2. The second-order valence-electron chi connectivity index (χ2n) is 2.27. The first-order valence-electron chi connectivity index (χ1n) is 3.18. The lowest BCUT2D eigenvalue weighted by Crippen LogP contribution is -1.69. The van der Waals surface area contributed by atoms with E-state index >= 15 is 0 Å². The quantitative estimate of drug-likeness (QED) is 0.298. The Hall–Kier alpha value is -0.260. The van der Waals surface area contributed by atoms with E-state index in [9.17, 15) is 0 Å². The van der Waals surface area contributed by atoms with Gasteiger partial charge in [-0.05, 0) is 13.8 Å². The predicted octanol–water partition coefficient (Wildman–Crippen LogP) is 2.96. The summed E-state index contributed by atoms with van der Waals surface area (Å²) in [6, 6.07) is 0. The summed E-state index contributed by atoms with van der Waals surface area (Å²) in [6.07, 6.45) is 6.88. The molecule has 0 aromatic rings. The lowest BCUT2D eigenvalue weighted by Gasteiger charge is -1.97. The Morgan fingerprint density at radius 3 is 2.50 bits per heavy atom. The van der Waals surface area contributed by atoms with Crippen LogP contribution in [0.15, 0.2) is 11.6 Å². The van der Waals surface area contributed by atoms with Crippen molar-refractivity contribution in [2.45, 2.75) is 33.6 Å². The summed E-state index contributed by atoms with van der Waals surface area (Å²) >= 11 is 0. The van der Waals surface area contributed by atoms with Crippen molar-refractivity contribution in [3.05, 3.63) is 18.1 Å². The molecule has 48 valence electrons. The summed E-state index contributed by atoms with van der Waals surface area (Å²) in [4.78, 5) is 0. The van der Waals surface area contributed by atoms with Crippen molar-refractivity contribution in [3.8, 4) is 0 Å². The molecule has 8 heavy (non-hydrogen) atoms. The lowest BCUT2D eigenvalue weighted by molar-refractivity contribution is 0.963. The molecule has 0 radical (unpaired) electrons. The minimum Gasteiger partial charge on any atom is -0.331 e. The van der Waals surface area contributed by atoms with Crippen LogP contribution >= 0.6 is 0 Å². The Kier molecular flexibility index (Phi) is 4.73. The van der Waals surface area contributed by atoms with Gasteiger partial charge in [0.15, 0.2) is 0 Å². The molecule has 0 unspecified atom stereocenters. The average molecular weight is 111 g/mol. The van der Waals surface area contributed by atoms with Crippen molar-refractivity contribution >= 4 is 0 Å². The normalized spacial score (nSPS) is 8.88. The zero-order valence-electron chi connectivity index (χ0n) is 6.07. The third kappa shape index (κ3) is 5.74. The van der Waals surface area contributed by atoms with Crippen molar-refractivity contribution in [3.63, 3.8) is 0 Å². The molecular weight excluding hydrogens is 96.1 g/mol. The monoisotopic (exact) mass is 111 g/mol. The molecule has 0 aliphatic heterocycles. The highest BCUT2D eigenvalue weighted by Crippen LogP contribution is 1.97. The van der Waals surface area contributed by atoms with Gasteiger partial charge in [-0.15, -0.1) is 0 Å².